The van der Waals surface area contributed by atoms with E-state index < -0.39 is 6.10 Å². The molecule has 4 nitrogen and oxygen atoms in total. The van der Waals surface area contributed by atoms with Crippen molar-refractivity contribution in [3.63, 3.8) is 0 Å². The van der Waals surface area contributed by atoms with Gasteiger partial charge in [0.05, 0.1) is 23.6 Å². The van der Waals surface area contributed by atoms with E-state index in [-0.39, 0.29) is 12.1 Å². The van der Waals surface area contributed by atoms with Crippen LogP contribution in [0.2, 0.25) is 10.0 Å². The molecule has 0 aliphatic rings. The van der Waals surface area contributed by atoms with Crippen LogP contribution in [-0.2, 0) is 12.3 Å². The summed E-state index contributed by atoms with van der Waals surface area (Å²) < 4.78 is 1.52. The highest BCUT2D eigenvalue weighted by Crippen LogP contribution is 2.24. The average molecular weight is 395 g/mol. The SMILES string of the molecule is C[C@@H](O)Cn1c(SCc2ccc(Cl)cc2)nc2cc(Cl)ccc2c1=O. The van der Waals surface area contributed by atoms with Crippen molar-refractivity contribution < 1.29 is 5.11 Å². The minimum atomic E-state index is -0.654. The molecule has 0 amide bonds. The zero-order valence-corrected chi connectivity index (χ0v) is 15.8. The van der Waals surface area contributed by atoms with Crippen LogP contribution < -0.4 is 5.56 Å². The van der Waals surface area contributed by atoms with Crippen LogP contribution in [0.3, 0.4) is 0 Å². The number of benzene rings is 2. The van der Waals surface area contributed by atoms with Gasteiger partial charge < -0.3 is 5.11 Å². The lowest BCUT2D eigenvalue weighted by atomic mass is 10.2. The Bertz CT molecular complexity index is 956. The maximum absolute atomic E-state index is 12.8. The Morgan fingerprint density at radius 1 is 1.16 bits per heavy atom. The molecule has 1 heterocycles. The summed E-state index contributed by atoms with van der Waals surface area (Å²) in [6.07, 6.45) is -0.654. The fourth-order valence-electron chi connectivity index (χ4n) is 2.44. The van der Waals surface area contributed by atoms with Gasteiger partial charge in [-0.1, -0.05) is 47.1 Å². The second kappa shape index (κ2) is 7.79. The largest absolute Gasteiger partial charge is 0.392 e. The Morgan fingerprint density at radius 3 is 2.52 bits per heavy atom. The molecule has 0 saturated heterocycles. The van der Waals surface area contributed by atoms with Crippen molar-refractivity contribution in [1.82, 2.24) is 9.55 Å². The molecule has 7 heteroatoms. The molecule has 130 valence electrons. The summed E-state index contributed by atoms with van der Waals surface area (Å²) in [7, 11) is 0. The van der Waals surface area contributed by atoms with Crippen molar-refractivity contribution in [1.29, 1.82) is 0 Å². The predicted octanol–water partition coefficient (Wildman–Crippen LogP) is 4.38. The van der Waals surface area contributed by atoms with Gasteiger partial charge in [-0.3, -0.25) is 9.36 Å². The monoisotopic (exact) mass is 394 g/mol. The molecule has 0 aliphatic carbocycles. The Labute approximate surface area is 159 Å². The van der Waals surface area contributed by atoms with Gasteiger partial charge in [-0.15, -0.1) is 0 Å². The van der Waals surface area contributed by atoms with Gasteiger partial charge in [0, 0.05) is 15.8 Å². The Morgan fingerprint density at radius 2 is 1.84 bits per heavy atom. The van der Waals surface area contributed by atoms with Crippen LogP contribution >= 0.6 is 35.0 Å². The summed E-state index contributed by atoms with van der Waals surface area (Å²) in [5, 5.41) is 12.0. The maximum Gasteiger partial charge on any atom is 0.262 e. The molecule has 3 rings (SSSR count). The zero-order valence-electron chi connectivity index (χ0n) is 13.4. The molecule has 0 aliphatic heterocycles. The van der Waals surface area contributed by atoms with Crippen LogP contribution in [0.5, 0.6) is 0 Å². The van der Waals surface area contributed by atoms with E-state index in [2.05, 4.69) is 4.98 Å². The number of halogens is 2. The number of aliphatic hydroxyl groups is 1. The summed E-state index contributed by atoms with van der Waals surface area (Å²) in [4.78, 5) is 17.4. The maximum atomic E-state index is 12.8. The Balaban J connectivity index is 2.01. The van der Waals surface area contributed by atoms with E-state index in [4.69, 9.17) is 23.2 Å². The number of aromatic nitrogens is 2. The number of thioether (sulfide) groups is 1. The number of fused-ring (bicyclic) bond motifs is 1. The normalized spacial score (nSPS) is 12.5. The average Bonchev–Trinajstić information content (AvgIpc) is 2.57. The van der Waals surface area contributed by atoms with Gasteiger partial charge >= 0.3 is 0 Å². The van der Waals surface area contributed by atoms with Gasteiger partial charge in [0.25, 0.3) is 5.56 Å². The first kappa shape index (κ1) is 18.3. The molecule has 25 heavy (non-hydrogen) atoms. The lowest BCUT2D eigenvalue weighted by Crippen LogP contribution is -2.27. The topological polar surface area (TPSA) is 55.1 Å². The molecule has 1 N–H and O–H groups in total. The molecule has 0 unspecified atom stereocenters. The molecule has 0 fully saturated rings. The van der Waals surface area contributed by atoms with Gasteiger partial charge in [0.1, 0.15) is 0 Å². The van der Waals surface area contributed by atoms with Crippen LogP contribution in [-0.4, -0.2) is 20.8 Å². The minimum absolute atomic E-state index is 0.179. The number of aliphatic hydroxyl groups excluding tert-OH is 1. The first-order valence-corrected chi connectivity index (χ1v) is 9.43. The quantitative estimate of drug-likeness (QED) is 0.515. The highest BCUT2D eigenvalue weighted by Gasteiger charge is 2.14. The lowest BCUT2D eigenvalue weighted by Gasteiger charge is -2.14. The second-order valence-corrected chi connectivity index (χ2v) is 7.55. The van der Waals surface area contributed by atoms with Crippen LogP contribution in [0.15, 0.2) is 52.4 Å². The highest BCUT2D eigenvalue weighted by atomic mass is 35.5. The molecule has 0 radical (unpaired) electrons. The van der Waals surface area contributed by atoms with E-state index in [0.29, 0.717) is 31.9 Å². The van der Waals surface area contributed by atoms with Crippen molar-refractivity contribution in [2.45, 2.75) is 30.5 Å². The molecule has 0 spiro atoms. The molecule has 0 bridgehead atoms. The summed E-state index contributed by atoms with van der Waals surface area (Å²) in [6, 6.07) is 12.5. The van der Waals surface area contributed by atoms with E-state index in [1.165, 1.54) is 16.3 Å². The van der Waals surface area contributed by atoms with Crippen molar-refractivity contribution in [3.05, 3.63) is 68.4 Å². The number of hydrogen-bond donors (Lipinski definition) is 1. The third-order valence-electron chi connectivity index (χ3n) is 3.61. The summed E-state index contributed by atoms with van der Waals surface area (Å²) in [5.74, 6) is 0.634. The predicted molar refractivity (Wildman–Crippen MR) is 104 cm³/mol. The van der Waals surface area contributed by atoms with Gasteiger partial charge in [0.2, 0.25) is 0 Å². The van der Waals surface area contributed by atoms with Crippen molar-refractivity contribution in [2.24, 2.45) is 0 Å². The summed E-state index contributed by atoms with van der Waals surface area (Å²) in [6.45, 7) is 1.83. The fraction of sp³-hybridized carbons (Fsp3) is 0.222. The summed E-state index contributed by atoms with van der Waals surface area (Å²) >= 11 is 13.4. The van der Waals surface area contributed by atoms with E-state index in [1.54, 1.807) is 25.1 Å². The third-order valence-corrected chi connectivity index (χ3v) is 5.14. The van der Waals surface area contributed by atoms with E-state index in [1.807, 2.05) is 24.3 Å². The van der Waals surface area contributed by atoms with Crippen molar-refractivity contribution >= 4 is 45.9 Å². The van der Waals surface area contributed by atoms with E-state index in [9.17, 15) is 9.90 Å². The standard InChI is InChI=1S/C18H16Cl2N2O2S/c1-11(23)9-22-17(24)15-7-6-14(20)8-16(15)21-18(22)25-10-12-2-4-13(19)5-3-12/h2-8,11,23H,9-10H2,1H3/t11-/m1/s1. The Kier molecular flexibility index (Phi) is 5.69. The van der Waals surface area contributed by atoms with E-state index >= 15 is 0 Å². The molecule has 2 aromatic carbocycles. The van der Waals surface area contributed by atoms with Gasteiger partial charge in [-0.25, -0.2) is 4.98 Å². The van der Waals surface area contributed by atoms with Crippen molar-refractivity contribution in [3.8, 4) is 0 Å². The fourth-order valence-corrected chi connectivity index (χ4v) is 3.69. The number of nitrogens with zero attached hydrogens (tertiary/aromatic N) is 2. The molecule has 3 aromatic rings. The third kappa shape index (κ3) is 4.36. The summed E-state index contributed by atoms with van der Waals surface area (Å²) in [5.41, 5.74) is 1.44. The van der Waals surface area contributed by atoms with Crippen LogP contribution in [0.4, 0.5) is 0 Å². The smallest absolute Gasteiger partial charge is 0.262 e. The first-order chi connectivity index (χ1) is 11.9. The lowest BCUT2D eigenvalue weighted by molar-refractivity contribution is 0.168. The molecular weight excluding hydrogens is 379 g/mol. The number of rotatable bonds is 5. The second-order valence-electron chi connectivity index (χ2n) is 5.74. The minimum Gasteiger partial charge on any atom is -0.392 e. The molecular formula is C18H16Cl2N2O2S. The first-order valence-electron chi connectivity index (χ1n) is 7.69. The zero-order chi connectivity index (χ0) is 18.0. The van der Waals surface area contributed by atoms with Gasteiger partial charge in [-0.2, -0.15) is 0 Å². The molecule has 0 saturated carbocycles. The molecule has 1 atom stereocenters. The Hall–Kier alpha value is -1.53. The van der Waals surface area contributed by atoms with Gasteiger partial charge in [0.15, 0.2) is 5.16 Å². The van der Waals surface area contributed by atoms with Gasteiger partial charge in [-0.05, 0) is 42.8 Å². The number of hydrogen-bond acceptors (Lipinski definition) is 4. The van der Waals surface area contributed by atoms with Crippen molar-refractivity contribution in [2.75, 3.05) is 0 Å². The molecule has 1 aromatic heterocycles. The highest BCUT2D eigenvalue weighted by molar-refractivity contribution is 7.98. The van der Waals surface area contributed by atoms with Crippen LogP contribution in [0, 0.1) is 0 Å². The van der Waals surface area contributed by atoms with Crippen LogP contribution in [0.1, 0.15) is 12.5 Å². The van der Waals surface area contributed by atoms with E-state index in [0.717, 1.165) is 5.56 Å². The van der Waals surface area contributed by atoms with Crippen LogP contribution in [0.25, 0.3) is 10.9 Å².